The zero-order valence-electron chi connectivity index (χ0n) is 8.32. The van der Waals surface area contributed by atoms with Crippen molar-refractivity contribution in [2.45, 2.75) is 6.10 Å². The van der Waals surface area contributed by atoms with E-state index in [4.69, 9.17) is 0 Å². The maximum atomic E-state index is 12.8. The highest BCUT2D eigenvalue weighted by Gasteiger charge is 2.14. The largest absolute Gasteiger partial charge is 0.387 e. The predicted octanol–water partition coefficient (Wildman–Crippen LogP) is 2.64. The van der Waals surface area contributed by atoms with E-state index in [1.54, 1.807) is 18.3 Å². The molecule has 84 valence electrons. The normalized spacial score (nSPS) is 12.7. The molecule has 2 rings (SSSR count). The van der Waals surface area contributed by atoms with Crippen molar-refractivity contribution in [3.63, 3.8) is 0 Å². The molecule has 0 spiro atoms. The van der Waals surface area contributed by atoms with Crippen LogP contribution in [0.3, 0.4) is 0 Å². The Balaban J connectivity index is 2.40. The summed E-state index contributed by atoms with van der Waals surface area (Å²) in [5, 5.41) is 16.9. The first-order chi connectivity index (χ1) is 7.72. The third-order valence-electron chi connectivity index (χ3n) is 2.31. The molecule has 1 heterocycles. The molecule has 5 heteroatoms. The van der Waals surface area contributed by atoms with Crippen LogP contribution in [-0.4, -0.2) is 20.6 Å². The lowest BCUT2D eigenvalue weighted by Crippen LogP contribution is -1.98. The molecule has 0 saturated heterocycles. The molecule has 0 saturated carbocycles. The molecule has 0 fully saturated rings. The Labute approximate surface area is 100 Å². The first-order valence-electron chi connectivity index (χ1n) is 4.75. The van der Waals surface area contributed by atoms with Gasteiger partial charge in [-0.05, 0) is 24.3 Å². The maximum absolute atomic E-state index is 12.8. The van der Waals surface area contributed by atoms with Gasteiger partial charge in [-0.2, -0.15) is 5.10 Å². The zero-order chi connectivity index (χ0) is 11.5. The number of aliphatic hydroxyl groups excluding tert-OH is 1. The number of halogens is 2. The minimum absolute atomic E-state index is 0.286. The molecule has 0 bridgehead atoms. The highest BCUT2D eigenvalue weighted by molar-refractivity contribution is 9.09. The van der Waals surface area contributed by atoms with E-state index in [9.17, 15) is 9.50 Å². The lowest BCUT2D eigenvalue weighted by atomic mass is 10.1. The fourth-order valence-corrected chi connectivity index (χ4v) is 1.83. The van der Waals surface area contributed by atoms with Crippen LogP contribution in [0.5, 0.6) is 0 Å². The van der Waals surface area contributed by atoms with Crippen LogP contribution in [0, 0.1) is 5.82 Å². The second-order valence-corrected chi connectivity index (χ2v) is 4.02. The van der Waals surface area contributed by atoms with Crippen LogP contribution in [0.2, 0.25) is 0 Å². The predicted molar refractivity (Wildman–Crippen MR) is 62.7 cm³/mol. The molecule has 3 nitrogen and oxygen atoms in total. The van der Waals surface area contributed by atoms with Gasteiger partial charge in [0.25, 0.3) is 0 Å². The van der Waals surface area contributed by atoms with Crippen LogP contribution in [0.15, 0.2) is 30.5 Å². The summed E-state index contributed by atoms with van der Waals surface area (Å²) in [5.41, 5.74) is 2.21. The lowest BCUT2D eigenvalue weighted by Gasteiger charge is -2.07. The molecule has 2 aromatic rings. The van der Waals surface area contributed by atoms with E-state index in [2.05, 4.69) is 26.1 Å². The molecular weight excluding hydrogens is 275 g/mol. The second-order valence-electron chi connectivity index (χ2n) is 3.38. The van der Waals surface area contributed by atoms with Gasteiger partial charge >= 0.3 is 0 Å². The van der Waals surface area contributed by atoms with Crippen LogP contribution in [0.25, 0.3) is 11.3 Å². The molecule has 0 aliphatic carbocycles. The Bertz CT molecular complexity index is 469. The molecule has 0 aliphatic rings. The van der Waals surface area contributed by atoms with Crippen molar-refractivity contribution in [2.24, 2.45) is 0 Å². The zero-order valence-corrected chi connectivity index (χ0v) is 9.91. The Morgan fingerprint density at radius 2 is 2.06 bits per heavy atom. The average Bonchev–Trinajstić information content (AvgIpc) is 2.78. The SMILES string of the molecule is OC(CBr)c1cn[nH]c1-c1ccc(F)cc1. The molecule has 0 radical (unpaired) electrons. The van der Waals surface area contributed by atoms with Crippen molar-refractivity contribution in [3.05, 3.63) is 41.8 Å². The van der Waals surface area contributed by atoms with Crippen LogP contribution < -0.4 is 0 Å². The van der Waals surface area contributed by atoms with Crippen molar-refractivity contribution < 1.29 is 9.50 Å². The first kappa shape index (κ1) is 11.3. The molecule has 1 aromatic heterocycles. The van der Waals surface area contributed by atoms with E-state index in [0.29, 0.717) is 16.6 Å². The van der Waals surface area contributed by atoms with Gasteiger partial charge in [0.15, 0.2) is 0 Å². The summed E-state index contributed by atoms with van der Waals surface area (Å²) in [6, 6.07) is 6.04. The number of nitrogens with zero attached hydrogens (tertiary/aromatic N) is 1. The van der Waals surface area contributed by atoms with Crippen molar-refractivity contribution in [1.29, 1.82) is 0 Å². The highest BCUT2D eigenvalue weighted by atomic mass is 79.9. The minimum atomic E-state index is -0.626. The van der Waals surface area contributed by atoms with Crippen molar-refractivity contribution in [1.82, 2.24) is 10.2 Å². The average molecular weight is 285 g/mol. The fourth-order valence-electron chi connectivity index (χ4n) is 1.48. The number of benzene rings is 1. The highest BCUT2D eigenvalue weighted by Crippen LogP contribution is 2.26. The van der Waals surface area contributed by atoms with Crippen LogP contribution in [0.1, 0.15) is 11.7 Å². The quantitative estimate of drug-likeness (QED) is 0.852. The summed E-state index contributed by atoms with van der Waals surface area (Å²) >= 11 is 3.20. The van der Waals surface area contributed by atoms with Crippen LogP contribution in [0.4, 0.5) is 4.39 Å². The minimum Gasteiger partial charge on any atom is -0.387 e. The number of hydrogen-bond acceptors (Lipinski definition) is 2. The summed E-state index contributed by atoms with van der Waals surface area (Å²) in [7, 11) is 0. The summed E-state index contributed by atoms with van der Waals surface area (Å²) in [6.45, 7) is 0. The van der Waals surface area contributed by atoms with Crippen LogP contribution >= 0.6 is 15.9 Å². The van der Waals surface area contributed by atoms with Gasteiger partial charge in [0.1, 0.15) is 5.82 Å². The van der Waals surface area contributed by atoms with Gasteiger partial charge in [-0.1, -0.05) is 15.9 Å². The van der Waals surface area contributed by atoms with Gasteiger partial charge < -0.3 is 5.11 Å². The topological polar surface area (TPSA) is 48.9 Å². The summed E-state index contributed by atoms with van der Waals surface area (Å²) in [6.07, 6.45) is 0.948. The lowest BCUT2D eigenvalue weighted by molar-refractivity contribution is 0.206. The fraction of sp³-hybridized carbons (Fsp3) is 0.182. The number of aromatic nitrogens is 2. The molecular formula is C11H10BrFN2O. The number of rotatable bonds is 3. The van der Waals surface area contributed by atoms with E-state index >= 15 is 0 Å². The van der Waals surface area contributed by atoms with Gasteiger partial charge in [0, 0.05) is 16.5 Å². The van der Waals surface area contributed by atoms with Crippen molar-refractivity contribution >= 4 is 15.9 Å². The molecule has 0 amide bonds. The standard InChI is InChI=1S/C11H10BrFN2O/c12-5-10(16)9-6-14-15-11(9)7-1-3-8(13)4-2-7/h1-4,6,10,16H,5H2,(H,14,15). The van der Waals surface area contributed by atoms with E-state index in [0.717, 1.165) is 5.56 Å². The number of hydrogen-bond donors (Lipinski definition) is 2. The van der Waals surface area contributed by atoms with E-state index in [1.807, 2.05) is 0 Å². The number of H-pyrrole nitrogens is 1. The number of aliphatic hydroxyl groups is 1. The van der Waals surface area contributed by atoms with Gasteiger partial charge in [-0.25, -0.2) is 4.39 Å². The maximum Gasteiger partial charge on any atom is 0.123 e. The van der Waals surface area contributed by atoms with E-state index in [1.165, 1.54) is 12.1 Å². The Hall–Kier alpha value is -1.20. The van der Waals surface area contributed by atoms with Crippen molar-refractivity contribution in [3.8, 4) is 11.3 Å². The number of alkyl halides is 1. The molecule has 16 heavy (non-hydrogen) atoms. The molecule has 2 N–H and O–H groups in total. The van der Waals surface area contributed by atoms with Gasteiger partial charge in [0.05, 0.1) is 18.0 Å². The van der Waals surface area contributed by atoms with Gasteiger partial charge in [-0.15, -0.1) is 0 Å². The molecule has 1 atom stereocenters. The number of nitrogens with one attached hydrogen (secondary N) is 1. The smallest absolute Gasteiger partial charge is 0.123 e. The molecule has 1 aromatic carbocycles. The first-order valence-corrected chi connectivity index (χ1v) is 5.87. The summed E-state index contributed by atoms with van der Waals surface area (Å²) < 4.78 is 12.8. The van der Waals surface area contributed by atoms with E-state index in [-0.39, 0.29) is 5.82 Å². The third-order valence-corrected chi connectivity index (χ3v) is 2.92. The number of aromatic amines is 1. The molecule has 1 unspecified atom stereocenters. The third kappa shape index (κ3) is 2.15. The molecule has 0 aliphatic heterocycles. The second kappa shape index (κ2) is 4.76. The van der Waals surface area contributed by atoms with E-state index < -0.39 is 6.10 Å². The Morgan fingerprint density at radius 1 is 1.38 bits per heavy atom. The Morgan fingerprint density at radius 3 is 2.69 bits per heavy atom. The Kier molecular flexibility index (Phi) is 3.36. The van der Waals surface area contributed by atoms with Crippen molar-refractivity contribution in [2.75, 3.05) is 5.33 Å². The monoisotopic (exact) mass is 284 g/mol. The summed E-state index contributed by atoms with van der Waals surface area (Å²) in [4.78, 5) is 0. The van der Waals surface area contributed by atoms with Crippen LogP contribution in [-0.2, 0) is 0 Å². The summed E-state index contributed by atoms with van der Waals surface area (Å²) in [5.74, 6) is -0.286. The van der Waals surface area contributed by atoms with Gasteiger partial charge in [0.2, 0.25) is 0 Å². The van der Waals surface area contributed by atoms with Gasteiger partial charge in [-0.3, -0.25) is 5.10 Å².